The van der Waals surface area contributed by atoms with Gasteiger partial charge in [0.05, 0.1) is 26.2 Å². The molecule has 20 heavy (non-hydrogen) atoms. The van der Waals surface area contributed by atoms with Crippen LogP contribution in [0, 0.1) is 0 Å². The van der Waals surface area contributed by atoms with Gasteiger partial charge in [-0.25, -0.2) is 4.79 Å². The van der Waals surface area contributed by atoms with Gasteiger partial charge in [0.2, 0.25) is 0 Å². The highest BCUT2D eigenvalue weighted by molar-refractivity contribution is 5.77. The number of hydrogen-bond donors (Lipinski definition) is 0. The first-order valence-electron chi connectivity index (χ1n) is 6.46. The first-order valence-corrected chi connectivity index (χ1v) is 6.46. The zero-order chi connectivity index (χ0) is 14.5. The fraction of sp³-hybridized carbons (Fsp3) is 0.333. The molecule has 5 nitrogen and oxygen atoms in total. The molecule has 0 aromatic heterocycles. The van der Waals surface area contributed by atoms with Crippen LogP contribution in [0.1, 0.15) is 30.5 Å². The Bertz CT molecular complexity index is 538. The molecule has 1 aromatic carbocycles. The molecule has 1 aromatic rings. The Morgan fingerprint density at radius 1 is 1.30 bits per heavy atom. The molecule has 5 heteroatoms. The monoisotopic (exact) mass is 275 g/mol. The predicted octanol–water partition coefficient (Wildman–Crippen LogP) is 2.73. The molecule has 0 radical (unpaired) electrons. The summed E-state index contributed by atoms with van der Waals surface area (Å²) in [6, 6.07) is 7.24. The lowest BCUT2D eigenvalue weighted by atomic mass is 9.94. The zero-order valence-corrected chi connectivity index (χ0v) is 11.5. The van der Waals surface area contributed by atoms with Gasteiger partial charge in [-0.2, -0.15) is 0 Å². The molecule has 1 atom stereocenters. The van der Waals surface area contributed by atoms with Crippen LogP contribution in [0.2, 0.25) is 0 Å². The molecule has 1 amide bonds. The maximum Gasteiger partial charge on any atom is 0.414 e. The van der Waals surface area contributed by atoms with Gasteiger partial charge in [0.25, 0.3) is 0 Å². The van der Waals surface area contributed by atoms with Crippen molar-refractivity contribution in [1.29, 1.82) is 0 Å². The second kappa shape index (κ2) is 6.23. The van der Waals surface area contributed by atoms with Crippen molar-refractivity contribution in [3.8, 4) is 0 Å². The standard InChI is InChI=1S/C15H17NO4/c1-3-20-15(18)16-9-8-11-6-4-5-7-12(11)13(16)10-14(17)19-2/h4-9,13H,3,10H2,1-2H3. The first-order chi connectivity index (χ1) is 9.67. The molecule has 0 fully saturated rings. The molecule has 0 aliphatic carbocycles. The number of methoxy groups -OCH3 is 1. The van der Waals surface area contributed by atoms with Crippen LogP contribution in [0.15, 0.2) is 30.5 Å². The van der Waals surface area contributed by atoms with Crippen LogP contribution in [0.4, 0.5) is 4.79 Å². The summed E-state index contributed by atoms with van der Waals surface area (Å²) in [7, 11) is 1.33. The maximum absolute atomic E-state index is 12.0. The zero-order valence-electron chi connectivity index (χ0n) is 11.5. The summed E-state index contributed by atoms with van der Waals surface area (Å²) < 4.78 is 9.74. The molecule has 0 saturated heterocycles. The number of benzene rings is 1. The highest BCUT2D eigenvalue weighted by Gasteiger charge is 2.30. The smallest absolute Gasteiger partial charge is 0.414 e. The Labute approximate surface area is 117 Å². The molecule has 2 rings (SSSR count). The maximum atomic E-state index is 12.0. The van der Waals surface area contributed by atoms with E-state index < -0.39 is 12.1 Å². The van der Waals surface area contributed by atoms with Crippen LogP contribution in [0.3, 0.4) is 0 Å². The molecule has 1 heterocycles. The molecule has 0 spiro atoms. The summed E-state index contributed by atoms with van der Waals surface area (Å²) >= 11 is 0. The fourth-order valence-electron chi connectivity index (χ4n) is 2.22. The number of carbonyl (C=O) groups is 2. The van der Waals surface area contributed by atoms with Gasteiger partial charge >= 0.3 is 12.1 Å². The van der Waals surface area contributed by atoms with Crippen LogP contribution in [0.25, 0.3) is 6.08 Å². The van der Waals surface area contributed by atoms with Gasteiger partial charge < -0.3 is 9.47 Å². The lowest BCUT2D eigenvalue weighted by molar-refractivity contribution is -0.141. The summed E-state index contributed by atoms with van der Waals surface area (Å²) in [5, 5.41) is 0. The third-order valence-electron chi connectivity index (χ3n) is 3.17. The second-order valence-corrected chi connectivity index (χ2v) is 4.35. The summed E-state index contributed by atoms with van der Waals surface area (Å²) in [6.45, 7) is 2.03. The number of hydrogen-bond acceptors (Lipinski definition) is 4. The normalized spacial score (nSPS) is 16.5. The van der Waals surface area contributed by atoms with E-state index in [0.29, 0.717) is 0 Å². The van der Waals surface area contributed by atoms with Crippen molar-refractivity contribution in [3.05, 3.63) is 41.6 Å². The molecule has 0 saturated carbocycles. The third kappa shape index (κ3) is 2.82. The van der Waals surface area contributed by atoms with Crippen molar-refractivity contribution >= 4 is 18.1 Å². The molecule has 1 aliphatic heterocycles. The Morgan fingerprint density at radius 2 is 2.05 bits per heavy atom. The summed E-state index contributed by atoms with van der Waals surface area (Å²) in [5.41, 5.74) is 1.90. The number of amides is 1. The van der Waals surface area contributed by atoms with Gasteiger partial charge in [0, 0.05) is 6.20 Å². The SMILES string of the molecule is CCOC(=O)N1C=Cc2ccccc2C1CC(=O)OC. The van der Waals surface area contributed by atoms with Crippen molar-refractivity contribution in [2.24, 2.45) is 0 Å². The Balaban J connectivity index is 2.33. The summed E-state index contributed by atoms with van der Waals surface area (Å²) in [6.07, 6.45) is 3.11. The van der Waals surface area contributed by atoms with E-state index in [1.165, 1.54) is 12.0 Å². The highest BCUT2D eigenvalue weighted by Crippen LogP contribution is 2.33. The van der Waals surface area contributed by atoms with E-state index in [-0.39, 0.29) is 19.0 Å². The van der Waals surface area contributed by atoms with Gasteiger partial charge in [-0.05, 0) is 24.1 Å². The minimum Gasteiger partial charge on any atom is -0.469 e. The number of nitrogens with zero attached hydrogens (tertiary/aromatic N) is 1. The van der Waals surface area contributed by atoms with Gasteiger partial charge in [-0.15, -0.1) is 0 Å². The van der Waals surface area contributed by atoms with E-state index in [9.17, 15) is 9.59 Å². The van der Waals surface area contributed by atoms with E-state index in [1.807, 2.05) is 30.3 Å². The Morgan fingerprint density at radius 3 is 2.75 bits per heavy atom. The van der Waals surface area contributed by atoms with E-state index >= 15 is 0 Å². The minimum atomic E-state index is -0.466. The van der Waals surface area contributed by atoms with Gasteiger partial charge in [0.1, 0.15) is 0 Å². The van der Waals surface area contributed by atoms with Crippen LogP contribution in [-0.2, 0) is 14.3 Å². The van der Waals surface area contributed by atoms with E-state index in [1.54, 1.807) is 13.1 Å². The van der Waals surface area contributed by atoms with Crippen LogP contribution >= 0.6 is 0 Å². The molecule has 106 valence electrons. The van der Waals surface area contributed by atoms with Gasteiger partial charge in [-0.1, -0.05) is 24.3 Å². The average Bonchev–Trinajstić information content (AvgIpc) is 2.47. The Hall–Kier alpha value is -2.30. The number of ether oxygens (including phenoxy) is 2. The highest BCUT2D eigenvalue weighted by atomic mass is 16.6. The van der Waals surface area contributed by atoms with Crippen molar-refractivity contribution in [2.75, 3.05) is 13.7 Å². The van der Waals surface area contributed by atoms with E-state index in [0.717, 1.165) is 11.1 Å². The van der Waals surface area contributed by atoms with Crippen LogP contribution in [0.5, 0.6) is 0 Å². The van der Waals surface area contributed by atoms with Crippen molar-refractivity contribution in [3.63, 3.8) is 0 Å². The summed E-state index contributed by atoms with van der Waals surface area (Å²) in [4.78, 5) is 25.0. The third-order valence-corrected chi connectivity index (χ3v) is 3.17. The number of rotatable bonds is 3. The van der Waals surface area contributed by atoms with Gasteiger partial charge in [0.15, 0.2) is 0 Å². The quantitative estimate of drug-likeness (QED) is 0.796. The van der Waals surface area contributed by atoms with E-state index in [4.69, 9.17) is 9.47 Å². The number of carbonyl (C=O) groups excluding carboxylic acids is 2. The van der Waals surface area contributed by atoms with Crippen LogP contribution < -0.4 is 0 Å². The largest absolute Gasteiger partial charge is 0.469 e. The molecule has 0 N–H and O–H groups in total. The van der Waals surface area contributed by atoms with Crippen LogP contribution in [-0.4, -0.2) is 30.7 Å². The topological polar surface area (TPSA) is 55.8 Å². The molecular formula is C15H17NO4. The number of esters is 1. The predicted molar refractivity (Wildman–Crippen MR) is 73.7 cm³/mol. The van der Waals surface area contributed by atoms with Crippen molar-refractivity contribution < 1.29 is 19.1 Å². The second-order valence-electron chi connectivity index (χ2n) is 4.35. The molecule has 1 unspecified atom stereocenters. The Kier molecular flexibility index (Phi) is 4.40. The van der Waals surface area contributed by atoms with E-state index in [2.05, 4.69) is 0 Å². The lowest BCUT2D eigenvalue weighted by Gasteiger charge is -2.31. The molecule has 1 aliphatic rings. The van der Waals surface area contributed by atoms with Crippen molar-refractivity contribution in [2.45, 2.75) is 19.4 Å². The van der Waals surface area contributed by atoms with Gasteiger partial charge in [-0.3, -0.25) is 9.69 Å². The number of fused-ring (bicyclic) bond motifs is 1. The fourth-order valence-corrected chi connectivity index (χ4v) is 2.22. The van der Waals surface area contributed by atoms with Crippen molar-refractivity contribution in [1.82, 2.24) is 4.90 Å². The minimum absolute atomic E-state index is 0.0939. The average molecular weight is 275 g/mol. The lowest BCUT2D eigenvalue weighted by Crippen LogP contribution is -2.34. The summed E-state index contributed by atoms with van der Waals surface area (Å²) in [5.74, 6) is -0.366. The molecule has 0 bridgehead atoms. The first kappa shape index (κ1) is 14.1. The molecular weight excluding hydrogens is 258 g/mol.